The Balaban J connectivity index is 2.18. The zero-order chi connectivity index (χ0) is 7.97. The molecule has 2 nitrogen and oxygen atoms in total. The van der Waals surface area contributed by atoms with Crippen LogP contribution < -0.4 is 9.47 Å². The first-order valence-electron chi connectivity index (χ1n) is 4.10. The van der Waals surface area contributed by atoms with Gasteiger partial charge in [-0.05, 0) is 12.1 Å². The monoisotopic (exact) mass is 160 g/mol. The van der Waals surface area contributed by atoms with E-state index in [1.54, 1.807) is 0 Å². The van der Waals surface area contributed by atoms with Crippen LogP contribution in [0.25, 0.3) is 0 Å². The maximum Gasteiger partial charge on any atom is 0.123 e. The second-order valence-corrected chi connectivity index (χ2v) is 3.02. The minimum Gasteiger partial charge on any atom is -0.493 e. The number of benzene rings is 1. The third-order valence-electron chi connectivity index (χ3n) is 2.28. The molecule has 0 unspecified atom stereocenters. The molecule has 2 aliphatic heterocycles. The molecule has 0 fully saturated rings. The third-order valence-corrected chi connectivity index (χ3v) is 2.28. The van der Waals surface area contributed by atoms with Gasteiger partial charge in [0.1, 0.15) is 18.1 Å². The third kappa shape index (κ3) is 0.750. The average molecular weight is 160 g/mol. The van der Waals surface area contributed by atoms with Crippen molar-refractivity contribution in [3.05, 3.63) is 29.7 Å². The van der Waals surface area contributed by atoms with E-state index in [-0.39, 0.29) is 0 Å². The zero-order valence-corrected chi connectivity index (χ0v) is 6.59. The van der Waals surface area contributed by atoms with Crippen LogP contribution in [0.5, 0.6) is 11.5 Å². The highest BCUT2D eigenvalue weighted by Gasteiger charge is 2.20. The Kier molecular flexibility index (Phi) is 1.14. The largest absolute Gasteiger partial charge is 0.493 e. The molecule has 2 heterocycles. The second kappa shape index (κ2) is 2.16. The normalized spacial score (nSPS) is 18.0. The van der Waals surface area contributed by atoms with E-state index in [1.807, 2.05) is 6.07 Å². The zero-order valence-electron chi connectivity index (χ0n) is 6.59. The summed E-state index contributed by atoms with van der Waals surface area (Å²) in [6, 6.07) is 4.09. The fraction of sp³-hybridized carbons (Fsp3) is 0.300. The van der Waals surface area contributed by atoms with Crippen molar-refractivity contribution in [3.63, 3.8) is 0 Å². The number of hydrogen-bond acceptors (Lipinski definition) is 2. The van der Waals surface area contributed by atoms with Crippen LogP contribution in [0, 0.1) is 6.42 Å². The molecule has 2 heteroatoms. The predicted molar refractivity (Wildman–Crippen MR) is 43.5 cm³/mol. The fourth-order valence-corrected chi connectivity index (χ4v) is 1.65. The molecule has 0 spiro atoms. The van der Waals surface area contributed by atoms with Crippen molar-refractivity contribution in [3.8, 4) is 11.5 Å². The van der Waals surface area contributed by atoms with Gasteiger partial charge in [-0.1, -0.05) is 0 Å². The van der Waals surface area contributed by atoms with Crippen LogP contribution in [0.2, 0.25) is 0 Å². The van der Waals surface area contributed by atoms with Gasteiger partial charge in [0.05, 0.1) is 13.0 Å². The van der Waals surface area contributed by atoms with Gasteiger partial charge in [0.15, 0.2) is 0 Å². The minimum absolute atomic E-state index is 0.582. The molecule has 0 amide bonds. The summed E-state index contributed by atoms with van der Waals surface area (Å²) >= 11 is 0. The number of rotatable bonds is 0. The quantitative estimate of drug-likeness (QED) is 0.571. The molecule has 60 valence electrons. The Labute approximate surface area is 71.1 Å². The minimum atomic E-state index is 0.582. The van der Waals surface area contributed by atoms with Crippen LogP contribution in [0.15, 0.2) is 12.1 Å². The second-order valence-electron chi connectivity index (χ2n) is 3.02. The van der Waals surface area contributed by atoms with Crippen molar-refractivity contribution in [2.24, 2.45) is 0 Å². The topological polar surface area (TPSA) is 18.5 Å². The molecule has 3 rings (SSSR count). The van der Waals surface area contributed by atoms with Gasteiger partial charge in [-0.25, -0.2) is 0 Å². The molecule has 0 saturated heterocycles. The summed E-state index contributed by atoms with van der Waals surface area (Å²) in [6.45, 7) is 1.39. The molecule has 1 aromatic carbocycles. The van der Waals surface area contributed by atoms with Crippen molar-refractivity contribution in [1.82, 2.24) is 0 Å². The van der Waals surface area contributed by atoms with Crippen molar-refractivity contribution in [2.45, 2.75) is 6.42 Å². The van der Waals surface area contributed by atoms with Crippen LogP contribution in [0.4, 0.5) is 0 Å². The molecule has 0 bridgehead atoms. The van der Waals surface area contributed by atoms with Gasteiger partial charge in [-0.15, -0.1) is 0 Å². The van der Waals surface area contributed by atoms with Crippen molar-refractivity contribution < 1.29 is 9.47 Å². The van der Waals surface area contributed by atoms with E-state index in [0.717, 1.165) is 30.1 Å². The Hall–Kier alpha value is -1.18. The lowest BCUT2D eigenvalue weighted by molar-refractivity contribution is 0.356. The van der Waals surface area contributed by atoms with E-state index in [9.17, 15) is 0 Å². The van der Waals surface area contributed by atoms with Crippen LogP contribution in [0.1, 0.15) is 11.1 Å². The lowest BCUT2D eigenvalue weighted by Gasteiger charge is -2.01. The van der Waals surface area contributed by atoms with E-state index >= 15 is 0 Å². The Morgan fingerprint density at radius 2 is 2.17 bits per heavy atom. The van der Waals surface area contributed by atoms with Gasteiger partial charge in [-0.3, -0.25) is 0 Å². The van der Waals surface area contributed by atoms with Gasteiger partial charge in [0.2, 0.25) is 0 Å². The lowest BCUT2D eigenvalue weighted by Crippen LogP contribution is -1.87. The molecule has 0 atom stereocenters. The van der Waals surface area contributed by atoms with Gasteiger partial charge >= 0.3 is 0 Å². The first-order valence-corrected chi connectivity index (χ1v) is 4.10. The molecular formula is C10H8O2. The Morgan fingerprint density at radius 3 is 3.17 bits per heavy atom. The standard InChI is InChI=1S/C10H8O2/c1-3-11-9-6-8-2-4-12-10(8)5-7(1)9/h5-6H,1,3-4H2. The van der Waals surface area contributed by atoms with Crippen molar-refractivity contribution >= 4 is 0 Å². The molecular weight excluding hydrogens is 152 g/mol. The fourth-order valence-electron chi connectivity index (χ4n) is 1.65. The first kappa shape index (κ1) is 6.35. The van der Waals surface area contributed by atoms with Crippen LogP contribution in [-0.2, 0) is 6.42 Å². The van der Waals surface area contributed by atoms with E-state index in [0.29, 0.717) is 6.61 Å². The van der Waals surface area contributed by atoms with Gasteiger partial charge in [0, 0.05) is 17.5 Å². The highest BCUT2D eigenvalue weighted by molar-refractivity contribution is 5.52. The van der Waals surface area contributed by atoms with Crippen LogP contribution in [0.3, 0.4) is 0 Å². The number of fused-ring (bicyclic) bond motifs is 2. The van der Waals surface area contributed by atoms with Crippen LogP contribution >= 0.6 is 0 Å². The average Bonchev–Trinajstić information content (AvgIpc) is 2.64. The summed E-state index contributed by atoms with van der Waals surface area (Å²) in [7, 11) is 0. The summed E-state index contributed by atoms with van der Waals surface area (Å²) in [6.07, 6.45) is 4.13. The van der Waals surface area contributed by atoms with Gasteiger partial charge < -0.3 is 9.47 Å². The summed E-state index contributed by atoms with van der Waals surface area (Å²) < 4.78 is 10.8. The summed E-state index contributed by atoms with van der Waals surface area (Å²) in [5.41, 5.74) is 2.31. The molecule has 2 aliphatic rings. The van der Waals surface area contributed by atoms with E-state index < -0.39 is 0 Å². The highest BCUT2D eigenvalue weighted by atomic mass is 16.5. The molecule has 0 aromatic heterocycles. The maximum atomic E-state index is 5.43. The van der Waals surface area contributed by atoms with Gasteiger partial charge in [-0.2, -0.15) is 0 Å². The van der Waals surface area contributed by atoms with Gasteiger partial charge in [0.25, 0.3) is 0 Å². The number of ether oxygens (including phenoxy) is 2. The molecule has 0 aliphatic carbocycles. The molecule has 1 aromatic rings. The van der Waals surface area contributed by atoms with Crippen molar-refractivity contribution in [1.29, 1.82) is 0 Å². The Bertz CT molecular complexity index is 271. The summed E-state index contributed by atoms with van der Waals surface area (Å²) in [4.78, 5) is 0. The smallest absolute Gasteiger partial charge is 0.123 e. The lowest BCUT2D eigenvalue weighted by atomic mass is 10.1. The van der Waals surface area contributed by atoms with Crippen molar-refractivity contribution in [2.75, 3.05) is 13.2 Å². The number of hydrogen-bond donors (Lipinski definition) is 0. The first-order chi connectivity index (χ1) is 5.93. The molecule has 0 N–H and O–H groups in total. The molecule has 2 radical (unpaired) electrons. The molecule has 12 heavy (non-hydrogen) atoms. The van der Waals surface area contributed by atoms with E-state index in [1.165, 1.54) is 5.56 Å². The Morgan fingerprint density at radius 1 is 1.17 bits per heavy atom. The predicted octanol–water partition coefficient (Wildman–Crippen LogP) is 1.44. The molecule has 0 saturated carbocycles. The maximum absolute atomic E-state index is 5.43. The SMILES string of the molecule is [C]1COc2cc3c(cc21)OCC3. The summed E-state index contributed by atoms with van der Waals surface area (Å²) in [5.74, 6) is 1.96. The van der Waals surface area contributed by atoms with Crippen LogP contribution in [-0.4, -0.2) is 13.2 Å². The van der Waals surface area contributed by atoms with E-state index in [4.69, 9.17) is 9.47 Å². The highest BCUT2D eigenvalue weighted by Crippen LogP contribution is 2.36. The van der Waals surface area contributed by atoms with E-state index in [2.05, 4.69) is 12.5 Å². The summed E-state index contributed by atoms with van der Waals surface area (Å²) in [5, 5.41) is 0.